The Morgan fingerprint density at radius 3 is 3.23 bits per heavy atom. The molecule has 3 heterocycles. The predicted octanol–water partition coefficient (Wildman–Crippen LogP) is 0.244. The van der Waals surface area contributed by atoms with Crippen molar-refractivity contribution in [3.05, 3.63) is 12.2 Å². The number of hydrogen-bond donors (Lipinski definition) is 3. The maximum atomic E-state index is 10.4. The van der Waals surface area contributed by atoms with E-state index < -0.39 is 5.60 Å². The number of aryl methyl sites for hydroxylation is 1. The first-order chi connectivity index (χ1) is 10.2. The molecule has 1 aromatic heterocycles. The van der Waals surface area contributed by atoms with Gasteiger partial charge in [-0.2, -0.15) is 16.9 Å². The number of aliphatic imine (C=N–C) groups is 1. The van der Waals surface area contributed by atoms with Crippen molar-refractivity contribution in [1.82, 2.24) is 25.4 Å². The lowest BCUT2D eigenvalue weighted by molar-refractivity contribution is 0.0723. The third-order valence-electron chi connectivity index (χ3n) is 4.04. The minimum atomic E-state index is -0.603. The van der Waals surface area contributed by atoms with Gasteiger partial charge in [0.15, 0.2) is 5.96 Å². The number of fused-ring (bicyclic) bond motifs is 1. The van der Waals surface area contributed by atoms with Gasteiger partial charge in [0.2, 0.25) is 0 Å². The Labute approximate surface area is 151 Å². The van der Waals surface area contributed by atoms with Crippen LogP contribution in [0.25, 0.3) is 0 Å². The Morgan fingerprint density at radius 2 is 2.50 bits per heavy atom. The second-order valence-corrected chi connectivity index (χ2v) is 6.80. The van der Waals surface area contributed by atoms with Gasteiger partial charge in [-0.15, -0.1) is 24.0 Å². The number of aliphatic hydroxyl groups is 1. The van der Waals surface area contributed by atoms with E-state index in [4.69, 9.17) is 0 Å². The second kappa shape index (κ2) is 7.82. The highest BCUT2D eigenvalue weighted by Crippen LogP contribution is 2.26. The van der Waals surface area contributed by atoms with E-state index in [1.807, 2.05) is 4.68 Å². The summed E-state index contributed by atoms with van der Waals surface area (Å²) in [6, 6.07) is 0.290. The molecule has 2 aliphatic rings. The van der Waals surface area contributed by atoms with Gasteiger partial charge in [0.1, 0.15) is 12.2 Å². The molecule has 0 amide bonds. The van der Waals surface area contributed by atoms with Gasteiger partial charge in [-0.05, 0) is 18.6 Å². The van der Waals surface area contributed by atoms with Crippen molar-refractivity contribution in [3.63, 3.8) is 0 Å². The average Bonchev–Trinajstić information content (AvgIpc) is 3.12. The van der Waals surface area contributed by atoms with Crippen LogP contribution in [0.1, 0.15) is 18.7 Å². The fraction of sp³-hybridized carbons (Fsp3) is 0.769. The molecule has 3 N–H and O–H groups in total. The van der Waals surface area contributed by atoms with Gasteiger partial charge in [0.25, 0.3) is 0 Å². The Balaban J connectivity index is 0.00000176. The lowest BCUT2D eigenvalue weighted by Crippen LogP contribution is -2.51. The first kappa shape index (κ1) is 17.8. The van der Waals surface area contributed by atoms with Crippen LogP contribution in [0.2, 0.25) is 0 Å². The highest BCUT2D eigenvalue weighted by atomic mass is 127. The summed E-state index contributed by atoms with van der Waals surface area (Å²) in [5.74, 6) is 3.62. The fourth-order valence-corrected chi connectivity index (χ4v) is 4.02. The maximum absolute atomic E-state index is 10.4. The number of halogens is 1. The normalized spacial score (nSPS) is 27.9. The molecule has 1 fully saturated rings. The summed E-state index contributed by atoms with van der Waals surface area (Å²) in [6.07, 6.45) is 4.39. The van der Waals surface area contributed by atoms with Crippen molar-refractivity contribution >= 4 is 41.7 Å². The summed E-state index contributed by atoms with van der Waals surface area (Å²) < 4.78 is 1.94. The highest BCUT2D eigenvalue weighted by molar-refractivity contribution is 14.0. The van der Waals surface area contributed by atoms with E-state index in [0.717, 1.165) is 49.1 Å². The van der Waals surface area contributed by atoms with Gasteiger partial charge in [0.05, 0.1) is 12.1 Å². The largest absolute Gasteiger partial charge is 0.387 e. The molecule has 7 nitrogen and oxygen atoms in total. The summed E-state index contributed by atoms with van der Waals surface area (Å²) in [4.78, 5) is 8.48. The van der Waals surface area contributed by atoms with Crippen LogP contribution in [-0.4, -0.2) is 62.6 Å². The maximum Gasteiger partial charge on any atom is 0.191 e. The molecule has 124 valence electrons. The lowest BCUT2D eigenvalue weighted by atomic mass is 10.0. The van der Waals surface area contributed by atoms with Gasteiger partial charge >= 0.3 is 0 Å². The average molecular weight is 438 g/mol. The molecule has 22 heavy (non-hydrogen) atoms. The molecule has 0 radical (unpaired) electrons. The Bertz CT molecular complexity index is 516. The van der Waals surface area contributed by atoms with Gasteiger partial charge in [-0.1, -0.05) is 0 Å². The Hall–Kier alpha value is -0.550. The SMILES string of the molecule is CN=C(NCC1(O)CCSC1)NC1CCc2ncnn2C1.I. The lowest BCUT2D eigenvalue weighted by Gasteiger charge is -2.27. The van der Waals surface area contributed by atoms with Crippen LogP contribution in [0.15, 0.2) is 11.3 Å². The van der Waals surface area contributed by atoms with Gasteiger partial charge in [-0.3, -0.25) is 4.99 Å². The van der Waals surface area contributed by atoms with Gasteiger partial charge in [0, 0.05) is 31.8 Å². The number of hydrogen-bond acceptors (Lipinski definition) is 5. The number of nitrogens with zero attached hydrogens (tertiary/aromatic N) is 4. The molecule has 0 saturated carbocycles. The van der Waals surface area contributed by atoms with Crippen molar-refractivity contribution in [2.75, 3.05) is 25.1 Å². The molecular weight excluding hydrogens is 415 g/mol. The van der Waals surface area contributed by atoms with E-state index in [2.05, 4.69) is 25.7 Å². The summed E-state index contributed by atoms with van der Waals surface area (Å²) in [5.41, 5.74) is -0.603. The summed E-state index contributed by atoms with van der Waals surface area (Å²) in [7, 11) is 1.76. The molecular formula is C13H23IN6OS. The Morgan fingerprint density at radius 1 is 1.64 bits per heavy atom. The van der Waals surface area contributed by atoms with E-state index in [1.54, 1.807) is 25.1 Å². The van der Waals surface area contributed by atoms with Gasteiger partial charge < -0.3 is 15.7 Å². The number of aromatic nitrogens is 3. The molecule has 0 aromatic carbocycles. The van der Waals surface area contributed by atoms with Crippen LogP contribution in [0.5, 0.6) is 0 Å². The second-order valence-electron chi connectivity index (χ2n) is 5.69. The Kier molecular flexibility index (Phi) is 6.33. The number of rotatable bonds is 3. The minimum Gasteiger partial charge on any atom is -0.387 e. The van der Waals surface area contributed by atoms with Crippen LogP contribution >= 0.6 is 35.7 Å². The van der Waals surface area contributed by atoms with E-state index in [1.165, 1.54) is 0 Å². The summed E-state index contributed by atoms with van der Waals surface area (Å²) in [5, 5.41) is 21.2. The molecule has 0 bridgehead atoms. The van der Waals surface area contributed by atoms with Crippen LogP contribution in [0.4, 0.5) is 0 Å². The molecule has 0 spiro atoms. The monoisotopic (exact) mass is 438 g/mol. The number of thioether (sulfide) groups is 1. The quantitative estimate of drug-likeness (QED) is 0.356. The van der Waals surface area contributed by atoms with Crippen molar-refractivity contribution in [2.45, 2.75) is 37.5 Å². The van der Waals surface area contributed by atoms with Crippen molar-refractivity contribution in [1.29, 1.82) is 0 Å². The molecule has 9 heteroatoms. The van der Waals surface area contributed by atoms with E-state index >= 15 is 0 Å². The van der Waals surface area contributed by atoms with Crippen LogP contribution in [-0.2, 0) is 13.0 Å². The van der Waals surface area contributed by atoms with Crippen molar-refractivity contribution in [2.24, 2.45) is 4.99 Å². The number of guanidine groups is 1. The zero-order chi connectivity index (χ0) is 14.7. The molecule has 2 unspecified atom stereocenters. The molecule has 0 aliphatic carbocycles. The first-order valence-electron chi connectivity index (χ1n) is 7.32. The first-order valence-corrected chi connectivity index (χ1v) is 8.48. The smallest absolute Gasteiger partial charge is 0.191 e. The molecule has 1 aromatic rings. The third kappa shape index (κ3) is 4.25. The van der Waals surface area contributed by atoms with E-state index in [9.17, 15) is 5.11 Å². The standard InChI is InChI=1S/C13H22N6OS.HI/c1-14-12(15-7-13(20)4-5-21-8-13)18-10-2-3-11-16-9-17-19(11)6-10;/h9-10,20H,2-8H2,1H3,(H2,14,15,18);1H. The highest BCUT2D eigenvalue weighted by Gasteiger charge is 2.32. The molecule has 1 saturated heterocycles. The predicted molar refractivity (Wildman–Crippen MR) is 98.9 cm³/mol. The van der Waals surface area contributed by atoms with Crippen molar-refractivity contribution in [3.8, 4) is 0 Å². The molecule has 2 atom stereocenters. The minimum absolute atomic E-state index is 0. The van der Waals surface area contributed by atoms with Crippen molar-refractivity contribution < 1.29 is 5.11 Å². The zero-order valence-electron chi connectivity index (χ0n) is 12.7. The third-order valence-corrected chi connectivity index (χ3v) is 5.27. The zero-order valence-corrected chi connectivity index (χ0v) is 15.8. The van der Waals surface area contributed by atoms with E-state index in [-0.39, 0.29) is 30.0 Å². The molecule has 2 aliphatic heterocycles. The van der Waals surface area contributed by atoms with Gasteiger partial charge in [-0.25, -0.2) is 9.67 Å². The van der Waals surface area contributed by atoms with Crippen LogP contribution < -0.4 is 10.6 Å². The topological polar surface area (TPSA) is 87.4 Å². The summed E-state index contributed by atoms with van der Waals surface area (Å²) in [6.45, 7) is 1.34. The summed E-state index contributed by atoms with van der Waals surface area (Å²) >= 11 is 1.80. The van der Waals surface area contributed by atoms with E-state index in [0.29, 0.717) is 6.54 Å². The van der Waals surface area contributed by atoms with Crippen LogP contribution in [0, 0.1) is 0 Å². The fourth-order valence-electron chi connectivity index (χ4n) is 2.73. The number of nitrogens with one attached hydrogen (secondary N) is 2. The van der Waals surface area contributed by atoms with Crippen LogP contribution in [0.3, 0.4) is 0 Å². The molecule has 3 rings (SSSR count).